The zero-order chi connectivity index (χ0) is 13.8. The third-order valence-corrected chi connectivity index (χ3v) is 4.46. The number of hydrogen-bond acceptors (Lipinski definition) is 3. The van der Waals surface area contributed by atoms with Gasteiger partial charge in [-0.05, 0) is 43.9 Å². The minimum absolute atomic E-state index is 0.190. The minimum Gasteiger partial charge on any atom is -0.381 e. The molecule has 1 aliphatic rings. The van der Waals surface area contributed by atoms with Crippen LogP contribution >= 0.6 is 15.9 Å². The van der Waals surface area contributed by atoms with Gasteiger partial charge in [0, 0.05) is 42.5 Å². The summed E-state index contributed by atoms with van der Waals surface area (Å²) in [6, 6.07) is 7.35. The Morgan fingerprint density at radius 1 is 1.42 bits per heavy atom. The van der Waals surface area contributed by atoms with Crippen LogP contribution in [0.2, 0.25) is 0 Å². The summed E-state index contributed by atoms with van der Waals surface area (Å²) >= 11 is 3.66. The maximum atomic E-state index is 5.86. The van der Waals surface area contributed by atoms with E-state index in [1.165, 1.54) is 11.3 Å². The topological polar surface area (TPSA) is 38.5 Å². The number of nitrogens with two attached hydrogens (primary N) is 1. The lowest BCUT2D eigenvalue weighted by Gasteiger charge is -2.33. The zero-order valence-corrected chi connectivity index (χ0v) is 13.3. The van der Waals surface area contributed by atoms with Gasteiger partial charge in [0.25, 0.3) is 0 Å². The zero-order valence-electron chi connectivity index (χ0n) is 11.7. The van der Waals surface area contributed by atoms with Gasteiger partial charge in [-0.2, -0.15) is 0 Å². The van der Waals surface area contributed by atoms with Gasteiger partial charge in [-0.1, -0.05) is 22.0 Å². The van der Waals surface area contributed by atoms with Gasteiger partial charge in [0.05, 0.1) is 0 Å². The van der Waals surface area contributed by atoms with Crippen LogP contribution in [0.1, 0.15) is 25.3 Å². The number of hydrogen-bond donors (Lipinski definition) is 1. The summed E-state index contributed by atoms with van der Waals surface area (Å²) in [5, 5.41) is 0. The van der Waals surface area contributed by atoms with E-state index in [9.17, 15) is 0 Å². The summed E-state index contributed by atoms with van der Waals surface area (Å²) in [5.74, 6) is 0. The fraction of sp³-hybridized carbons (Fsp3) is 0.600. The van der Waals surface area contributed by atoms with Gasteiger partial charge in [-0.25, -0.2) is 0 Å². The Morgan fingerprint density at radius 3 is 2.68 bits per heavy atom. The molecule has 1 unspecified atom stereocenters. The third kappa shape index (κ3) is 3.94. The van der Waals surface area contributed by atoms with Crippen molar-refractivity contribution in [3.63, 3.8) is 0 Å². The minimum atomic E-state index is 0.190. The van der Waals surface area contributed by atoms with E-state index in [-0.39, 0.29) is 6.04 Å². The Balaban J connectivity index is 2.09. The lowest BCUT2D eigenvalue weighted by Crippen LogP contribution is -2.36. The largest absolute Gasteiger partial charge is 0.381 e. The summed E-state index contributed by atoms with van der Waals surface area (Å²) in [5.41, 5.74) is 8.40. The van der Waals surface area contributed by atoms with Gasteiger partial charge in [-0.3, -0.25) is 0 Å². The summed E-state index contributed by atoms with van der Waals surface area (Å²) in [6.07, 6.45) is 3.12. The lowest BCUT2D eigenvalue weighted by atomic mass is 10.0. The smallest absolute Gasteiger partial charge is 0.0485 e. The molecule has 1 atom stereocenters. The van der Waals surface area contributed by atoms with E-state index in [4.69, 9.17) is 10.5 Å². The predicted molar refractivity (Wildman–Crippen MR) is 83.7 cm³/mol. The molecule has 1 aromatic rings. The monoisotopic (exact) mass is 326 g/mol. The van der Waals surface area contributed by atoms with Crippen LogP contribution in [0.5, 0.6) is 0 Å². The second kappa shape index (κ2) is 6.73. The van der Waals surface area contributed by atoms with Gasteiger partial charge in [0.2, 0.25) is 0 Å². The molecule has 106 valence electrons. The Kier molecular flexibility index (Phi) is 5.25. The van der Waals surface area contributed by atoms with E-state index in [1.807, 2.05) is 6.92 Å². The van der Waals surface area contributed by atoms with Crippen molar-refractivity contribution in [1.82, 2.24) is 0 Å². The fourth-order valence-electron chi connectivity index (χ4n) is 2.55. The van der Waals surface area contributed by atoms with Crippen molar-refractivity contribution in [1.29, 1.82) is 0 Å². The summed E-state index contributed by atoms with van der Waals surface area (Å²) < 4.78 is 6.58. The number of benzene rings is 1. The van der Waals surface area contributed by atoms with Gasteiger partial charge >= 0.3 is 0 Å². The lowest BCUT2D eigenvalue weighted by molar-refractivity contribution is 0.0855. The third-order valence-electron chi connectivity index (χ3n) is 3.72. The number of nitrogens with zero attached hydrogens (tertiary/aromatic N) is 1. The van der Waals surface area contributed by atoms with Gasteiger partial charge in [-0.15, -0.1) is 0 Å². The molecule has 0 amide bonds. The van der Waals surface area contributed by atoms with Crippen LogP contribution in [0.4, 0.5) is 5.69 Å². The predicted octanol–water partition coefficient (Wildman–Crippen LogP) is 2.95. The average molecular weight is 327 g/mol. The van der Waals surface area contributed by atoms with Crippen LogP contribution in [0, 0.1) is 0 Å². The highest BCUT2D eigenvalue weighted by Crippen LogP contribution is 2.27. The van der Waals surface area contributed by atoms with Crippen molar-refractivity contribution in [2.45, 2.75) is 38.3 Å². The molecule has 3 nitrogen and oxygen atoms in total. The Bertz CT molecular complexity index is 417. The second-order valence-corrected chi connectivity index (χ2v) is 6.27. The first-order chi connectivity index (χ1) is 9.08. The van der Waals surface area contributed by atoms with Crippen molar-refractivity contribution in [2.24, 2.45) is 5.73 Å². The van der Waals surface area contributed by atoms with Crippen LogP contribution in [0.25, 0.3) is 0 Å². The van der Waals surface area contributed by atoms with Crippen molar-refractivity contribution < 1.29 is 4.74 Å². The molecule has 1 fully saturated rings. The average Bonchev–Trinajstić information content (AvgIpc) is 2.41. The molecule has 1 saturated heterocycles. The first kappa shape index (κ1) is 14.8. The molecule has 19 heavy (non-hydrogen) atoms. The van der Waals surface area contributed by atoms with E-state index in [2.05, 4.69) is 46.1 Å². The molecule has 0 aromatic heterocycles. The molecule has 0 saturated carbocycles. The number of anilines is 1. The van der Waals surface area contributed by atoms with Crippen LogP contribution in [0.15, 0.2) is 22.7 Å². The van der Waals surface area contributed by atoms with Crippen molar-refractivity contribution in [3.05, 3.63) is 28.2 Å². The van der Waals surface area contributed by atoms with Crippen molar-refractivity contribution in [3.8, 4) is 0 Å². The molecule has 2 rings (SSSR count). The van der Waals surface area contributed by atoms with Crippen molar-refractivity contribution in [2.75, 3.05) is 25.2 Å². The Hall–Kier alpha value is -0.580. The summed E-state index contributed by atoms with van der Waals surface area (Å²) in [4.78, 5) is 2.36. The number of ether oxygens (including phenoxy) is 1. The molecule has 0 aliphatic carbocycles. The molecular weight excluding hydrogens is 304 g/mol. The van der Waals surface area contributed by atoms with Crippen LogP contribution in [0.3, 0.4) is 0 Å². The Labute approximate surface area is 124 Å². The first-order valence-corrected chi connectivity index (χ1v) is 7.72. The highest BCUT2D eigenvalue weighted by atomic mass is 79.9. The van der Waals surface area contributed by atoms with Crippen LogP contribution < -0.4 is 10.6 Å². The van der Waals surface area contributed by atoms with Crippen LogP contribution in [-0.2, 0) is 11.2 Å². The fourth-order valence-corrected chi connectivity index (χ4v) is 3.08. The molecule has 1 aromatic carbocycles. The van der Waals surface area contributed by atoms with E-state index in [0.29, 0.717) is 6.04 Å². The van der Waals surface area contributed by atoms with E-state index in [1.54, 1.807) is 0 Å². The molecule has 0 bridgehead atoms. The second-order valence-electron chi connectivity index (χ2n) is 5.41. The van der Waals surface area contributed by atoms with E-state index in [0.717, 1.165) is 36.9 Å². The number of rotatable bonds is 4. The normalized spacial score (nSPS) is 18.3. The van der Waals surface area contributed by atoms with Gasteiger partial charge < -0.3 is 15.4 Å². The first-order valence-electron chi connectivity index (χ1n) is 6.92. The number of halogens is 1. The summed E-state index contributed by atoms with van der Waals surface area (Å²) in [7, 11) is 2.17. The van der Waals surface area contributed by atoms with E-state index < -0.39 is 0 Å². The summed E-state index contributed by atoms with van der Waals surface area (Å²) in [6.45, 7) is 3.78. The highest BCUT2D eigenvalue weighted by molar-refractivity contribution is 9.10. The van der Waals surface area contributed by atoms with Gasteiger partial charge in [0.1, 0.15) is 0 Å². The molecule has 0 radical (unpaired) electrons. The molecule has 2 N–H and O–H groups in total. The molecular formula is C15H23BrN2O. The maximum Gasteiger partial charge on any atom is 0.0485 e. The molecule has 0 spiro atoms. The van der Waals surface area contributed by atoms with E-state index >= 15 is 0 Å². The molecule has 1 heterocycles. The SMILES string of the molecule is CC(N)Cc1ccc(N(C)C2CCOCC2)cc1Br. The van der Waals surface area contributed by atoms with Crippen molar-refractivity contribution >= 4 is 21.6 Å². The standard InChI is InChI=1S/C15H23BrN2O/c1-11(17)9-12-3-4-14(10-15(12)16)18(2)13-5-7-19-8-6-13/h3-4,10-11,13H,5-9,17H2,1-2H3. The maximum absolute atomic E-state index is 5.86. The highest BCUT2D eigenvalue weighted by Gasteiger charge is 2.19. The Morgan fingerprint density at radius 2 is 2.11 bits per heavy atom. The quantitative estimate of drug-likeness (QED) is 0.924. The molecule has 1 aliphatic heterocycles. The van der Waals surface area contributed by atoms with Gasteiger partial charge in [0.15, 0.2) is 0 Å². The molecule has 4 heteroatoms. The van der Waals surface area contributed by atoms with Crippen LogP contribution in [-0.4, -0.2) is 32.3 Å².